The molecular weight excluding hydrogens is 374 g/mol. The first-order valence-corrected chi connectivity index (χ1v) is 10.6. The Morgan fingerprint density at radius 1 is 0.967 bits per heavy atom. The highest BCUT2D eigenvalue weighted by Crippen LogP contribution is 2.16. The van der Waals surface area contributed by atoms with Crippen molar-refractivity contribution in [1.29, 1.82) is 0 Å². The van der Waals surface area contributed by atoms with E-state index in [4.69, 9.17) is 0 Å². The largest absolute Gasteiger partial charge is 0.355 e. The lowest BCUT2D eigenvalue weighted by Crippen LogP contribution is -2.47. The molecule has 2 amide bonds. The quantitative estimate of drug-likeness (QED) is 0.748. The third-order valence-corrected chi connectivity index (χ3v) is 5.55. The standard InChI is InChI=1S/C25H31N3O2/c1-19(2)22-9-6-21(7-10-22)18-27-14-16-28(17-15-27)24(29)13-8-20-4-11-23(12-5-20)25(30)26-3/h4-13,19H,14-18H2,1-3H3,(H,26,30). The minimum atomic E-state index is -0.115. The summed E-state index contributed by atoms with van der Waals surface area (Å²) in [4.78, 5) is 28.4. The van der Waals surface area contributed by atoms with Gasteiger partial charge in [0.25, 0.3) is 5.91 Å². The summed E-state index contributed by atoms with van der Waals surface area (Å²) < 4.78 is 0. The van der Waals surface area contributed by atoms with Gasteiger partial charge in [0.2, 0.25) is 5.91 Å². The van der Waals surface area contributed by atoms with E-state index in [1.807, 2.05) is 17.0 Å². The molecule has 0 atom stereocenters. The van der Waals surface area contributed by atoms with Crippen molar-refractivity contribution in [1.82, 2.24) is 15.1 Å². The number of nitrogens with zero attached hydrogens (tertiary/aromatic N) is 2. The van der Waals surface area contributed by atoms with E-state index in [-0.39, 0.29) is 11.8 Å². The van der Waals surface area contributed by atoms with Crippen LogP contribution >= 0.6 is 0 Å². The molecule has 1 N–H and O–H groups in total. The van der Waals surface area contributed by atoms with Gasteiger partial charge < -0.3 is 10.2 Å². The molecule has 0 unspecified atom stereocenters. The molecule has 0 radical (unpaired) electrons. The minimum absolute atomic E-state index is 0.0336. The summed E-state index contributed by atoms with van der Waals surface area (Å²) in [6, 6.07) is 16.1. The van der Waals surface area contributed by atoms with Crippen molar-refractivity contribution in [2.75, 3.05) is 33.2 Å². The fourth-order valence-corrected chi connectivity index (χ4v) is 3.56. The molecule has 1 heterocycles. The van der Waals surface area contributed by atoms with Gasteiger partial charge in [-0.3, -0.25) is 14.5 Å². The minimum Gasteiger partial charge on any atom is -0.355 e. The number of carbonyl (C=O) groups excluding carboxylic acids is 2. The van der Waals surface area contributed by atoms with Gasteiger partial charge in [0.05, 0.1) is 0 Å². The molecule has 0 saturated carbocycles. The molecule has 3 rings (SSSR count). The highest BCUT2D eigenvalue weighted by molar-refractivity contribution is 5.94. The zero-order chi connectivity index (χ0) is 21.5. The molecular formula is C25H31N3O2. The van der Waals surface area contributed by atoms with Crippen LogP contribution < -0.4 is 5.32 Å². The van der Waals surface area contributed by atoms with E-state index >= 15 is 0 Å². The van der Waals surface area contributed by atoms with Crippen LogP contribution in [0.3, 0.4) is 0 Å². The second kappa shape index (κ2) is 10.2. The van der Waals surface area contributed by atoms with E-state index in [2.05, 4.69) is 48.3 Å². The number of amides is 2. The van der Waals surface area contributed by atoms with E-state index in [1.165, 1.54) is 11.1 Å². The van der Waals surface area contributed by atoms with Crippen molar-refractivity contribution in [2.45, 2.75) is 26.3 Å². The van der Waals surface area contributed by atoms with Gasteiger partial charge in [-0.1, -0.05) is 50.2 Å². The zero-order valence-corrected chi connectivity index (χ0v) is 18.1. The first-order valence-electron chi connectivity index (χ1n) is 10.6. The first kappa shape index (κ1) is 21.8. The van der Waals surface area contributed by atoms with Gasteiger partial charge in [0.15, 0.2) is 0 Å². The maximum atomic E-state index is 12.5. The molecule has 2 aromatic carbocycles. The summed E-state index contributed by atoms with van der Waals surface area (Å²) in [5.74, 6) is 0.470. The maximum absolute atomic E-state index is 12.5. The summed E-state index contributed by atoms with van der Waals surface area (Å²) in [5.41, 5.74) is 4.19. The van der Waals surface area contributed by atoms with Gasteiger partial charge in [-0.25, -0.2) is 0 Å². The summed E-state index contributed by atoms with van der Waals surface area (Å²) >= 11 is 0. The monoisotopic (exact) mass is 405 g/mol. The second-order valence-corrected chi connectivity index (χ2v) is 8.03. The fourth-order valence-electron chi connectivity index (χ4n) is 3.56. The number of carbonyl (C=O) groups is 2. The zero-order valence-electron chi connectivity index (χ0n) is 18.1. The van der Waals surface area contributed by atoms with Crippen LogP contribution in [0.4, 0.5) is 0 Å². The number of hydrogen-bond donors (Lipinski definition) is 1. The molecule has 5 heteroatoms. The molecule has 0 aromatic heterocycles. The summed E-state index contributed by atoms with van der Waals surface area (Å²) in [6.07, 6.45) is 3.42. The van der Waals surface area contributed by atoms with E-state index in [0.29, 0.717) is 11.5 Å². The SMILES string of the molecule is CNC(=O)c1ccc(C=CC(=O)N2CCN(Cc3ccc(C(C)C)cc3)CC2)cc1. The third kappa shape index (κ3) is 5.80. The number of rotatable bonds is 6. The molecule has 0 bridgehead atoms. The van der Waals surface area contributed by atoms with Crippen molar-refractivity contribution in [3.05, 3.63) is 76.9 Å². The summed E-state index contributed by atoms with van der Waals surface area (Å²) in [6.45, 7) is 8.58. The first-order chi connectivity index (χ1) is 14.5. The van der Waals surface area contributed by atoms with Crippen LogP contribution in [0.15, 0.2) is 54.6 Å². The predicted octanol–water partition coefficient (Wildman–Crippen LogP) is 3.53. The molecule has 5 nitrogen and oxygen atoms in total. The molecule has 30 heavy (non-hydrogen) atoms. The Kier molecular flexibility index (Phi) is 7.41. The van der Waals surface area contributed by atoms with Crippen molar-refractivity contribution in [3.63, 3.8) is 0 Å². The van der Waals surface area contributed by atoms with Crippen LogP contribution in [0, 0.1) is 0 Å². The highest BCUT2D eigenvalue weighted by atomic mass is 16.2. The van der Waals surface area contributed by atoms with E-state index in [0.717, 1.165) is 38.3 Å². The van der Waals surface area contributed by atoms with Crippen LogP contribution in [0.2, 0.25) is 0 Å². The van der Waals surface area contributed by atoms with E-state index in [9.17, 15) is 9.59 Å². The Balaban J connectivity index is 1.47. The smallest absolute Gasteiger partial charge is 0.251 e. The van der Waals surface area contributed by atoms with Gasteiger partial charge >= 0.3 is 0 Å². The van der Waals surface area contributed by atoms with Crippen molar-refractivity contribution in [2.24, 2.45) is 0 Å². The Labute approximate surface area is 179 Å². The molecule has 0 aliphatic carbocycles. The Morgan fingerprint density at radius 2 is 1.60 bits per heavy atom. The number of hydrogen-bond acceptors (Lipinski definition) is 3. The van der Waals surface area contributed by atoms with Crippen LogP contribution in [-0.4, -0.2) is 54.8 Å². The molecule has 158 valence electrons. The van der Waals surface area contributed by atoms with Crippen LogP contribution in [-0.2, 0) is 11.3 Å². The highest BCUT2D eigenvalue weighted by Gasteiger charge is 2.19. The molecule has 0 spiro atoms. The predicted molar refractivity (Wildman–Crippen MR) is 121 cm³/mol. The van der Waals surface area contributed by atoms with Crippen molar-refractivity contribution in [3.8, 4) is 0 Å². The second-order valence-electron chi connectivity index (χ2n) is 8.03. The fraction of sp³-hybridized carbons (Fsp3) is 0.360. The molecule has 1 aliphatic heterocycles. The topological polar surface area (TPSA) is 52.7 Å². The number of piperazine rings is 1. The molecule has 1 saturated heterocycles. The third-order valence-electron chi connectivity index (χ3n) is 5.55. The van der Waals surface area contributed by atoms with E-state index < -0.39 is 0 Å². The summed E-state index contributed by atoms with van der Waals surface area (Å²) in [5, 5.41) is 2.60. The van der Waals surface area contributed by atoms with Gasteiger partial charge in [0.1, 0.15) is 0 Å². The van der Waals surface area contributed by atoms with Gasteiger partial charge in [0, 0.05) is 51.4 Å². The van der Waals surface area contributed by atoms with Crippen LogP contribution in [0.5, 0.6) is 0 Å². The summed E-state index contributed by atoms with van der Waals surface area (Å²) in [7, 11) is 1.61. The lowest BCUT2D eigenvalue weighted by Gasteiger charge is -2.34. The Morgan fingerprint density at radius 3 is 2.17 bits per heavy atom. The van der Waals surface area contributed by atoms with Gasteiger partial charge in [-0.05, 0) is 40.8 Å². The Bertz CT molecular complexity index is 878. The van der Waals surface area contributed by atoms with Gasteiger partial charge in [-0.15, -0.1) is 0 Å². The van der Waals surface area contributed by atoms with Crippen LogP contribution in [0.25, 0.3) is 6.08 Å². The maximum Gasteiger partial charge on any atom is 0.251 e. The molecule has 2 aromatic rings. The van der Waals surface area contributed by atoms with E-state index in [1.54, 1.807) is 31.3 Å². The number of nitrogens with one attached hydrogen (secondary N) is 1. The number of benzene rings is 2. The lowest BCUT2D eigenvalue weighted by atomic mass is 10.0. The molecule has 1 fully saturated rings. The Hall–Kier alpha value is -2.92. The average molecular weight is 406 g/mol. The van der Waals surface area contributed by atoms with Crippen molar-refractivity contribution >= 4 is 17.9 Å². The van der Waals surface area contributed by atoms with Gasteiger partial charge in [-0.2, -0.15) is 0 Å². The normalized spacial score (nSPS) is 15.0. The average Bonchev–Trinajstić information content (AvgIpc) is 2.78. The van der Waals surface area contributed by atoms with Crippen molar-refractivity contribution < 1.29 is 9.59 Å². The lowest BCUT2D eigenvalue weighted by molar-refractivity contribution is -0.127. The van der Waals surface area contributed by atoms with Crippen LogP contribution in [0.1, 0.15) is 46.8 Å². The molecule has 1 aliphatic rings.